The van der Waals surface area contributed by atoms with Gasteiger partial charge < -0.3 is 10.6 Å². The van der Waals surface area contributed by atoms with E-state index >= 15 is 0 Å². The van der Waals surface area contributed by atoms with Crippen LogP contribution in [0, 0.1) is 23.0 Å². The third kappa shape index (κ3) is 3.21. The van der Waals surface area contributed by atoms with Crippen molar-refractivity contribution in [3.05, 3.63) is 39.4 Å². The Balaban J connectivity index is 2.30. The largest absolute Gasteiger partial charge is 0.336 e. The molecular weight excluding hydrogens is 270 g/mol. The lowest BCUT2D eigenvalue weighted by Gasteiger charge is -2.38. The number of nitro benzene ring substituents is 1. The van der Waals surface area contributed by atoms with Gasteiger partial charge in [0.25, 0.3) is 11.6 Å². The van der Waals surface area contributed by atoms with Crippen LogP contribution < -0.4 is 5.73 Å². The van der Waals surface area contributed by atoms with E-state index in [1.165, 1.54) is 12.1 Å². The summed E-state index contributed by atoms with van der Waals surface area (Å²) in [5.74, 6) is 0.172. The molecule has 1 heterocycles. The second-order valence-corrected chi connectivity index (χ2v) is 5.74. The van der Waals surface area contributed by atoms with Gasteiger partial charge in [-0.25, -0.2) is 0 Å². The van der Waals surface area contributed by atoms with Gasteiger partial charge in [0.15, 0.2) is 0 Å². The first-order valence-corrected chi connectivity index (χ1v) is 7.20. The topological polar surface area (TPSA) is 89.5 Å². The molecule has 1 amide bonds. The first kappa shape index (κ1) is 15.4. The van der Waals surface area contributed by atoms with Gasteiger partial charge in [0.1, 0.15) is 0 Å². The molecule has 1 aliphatic rings. The Hall–Kier alpha value is -1.95. The van der Waals surface area contributed by atoms with E-state index in [9.17, 15) is 14.9 Å². The Morgan fingerprint density at radius 1 is 1.48 bits per heavy atom. The molecule has 114 valence electrons. The first-order valence-electron chi connectivity index (χ1n) is 7.20. The van der Waals surface area contributed by atoms with Crippen molar-refractivity contribution in [1.29, 1.82) is 0 Å². The van der Waals surface area contributed by atoms with Gasteiger partial charge in [-0.05, 0) is 44.7 Å². The summed E-state index contributed by atoms with van der Waals surface area (Å²) in [4.78, 5) is 24.9. The molecule has 6 nitrogen and oxygen atoms in total. The van der Waals surface area contributed by atoms with Crippen LogP contribution in [0.5, 0.6) is 0 Å². The van der Waals surface area contributed by atoms with Crippen LogP contribution in [0.1, 0.15) is 35.7 Å². The van der Waals surface area contributed by atoms with Gasteiger partial charge in [-0.3, -0.25) is 14.9 Å². The molecule has 1 aromatic rings. The number of likely N-dealkylation sites (tertiary alicyclic amines) is 1. The molecule has 2 N–H and O–H groups in total. The number of carbonyl (C=O) groups is 1. The molecule has 2 rings (SSSR count). The quantitative estimate of drug-likeness (QED) is 0.682. The molecule has 1 aromatic carbocycles. The smallest absolute Gasteiger partial charge is 0.270 e. The Labute approximate surface area is 124 Å². The van der Waals surface area contributed by atoms with Crippen LogP contribution in [0.15, 0.2) is 18.2 Å². The lowest BCUT2D eigenvalue weighted by Crippen LogP contribution is -2.47. The van der Waals surface area contributed by atoms with Crippen molar-refractivity contribution in [3.63, 3.8) is 0 Å². The summed E-state index contributed by atoms with van der Waals surface area (Å²) in [5, 5.41) is 10.9. The van der Waals surface area contributed by atoms with Crippen LogP contribution in [-0.4, -0.2) is 34.9 Å². The summed E-state index contributed by atoms with van der Waals surface area (Å²) in [5.41, 5.74) is 6.83. The summed E-state index contributed by atoms with van der Waals surface area (Å²) < 4.78 is 0. The van der Waals surface area contributed by atoms with Gasteiger partial charge in [-0.15, -0.1) is 0 Å². The number of nitrogens with two attached hydrogens (primary N) is 1. The Morgan fingerprint density at radius 2 is 2.19 bits per heavy atom. The number of piperidine rings is 1. The lowest BCUT2D eigenvalue weighted by atomic mass is 9.92. The van der Waals surface area contributed by atoms with Crippen LogP contribution in [0.2, 0.25) is 0 Å². The van der Waals surface area contributed by atoms with Crippen LogP contribution in [-0.2, 0) is 0 Å². The molecule has 1 saturated heterocycles. The summed E-state index contributed by atoms with van der Waals surface area (Å²) in [6.07, 6.45) is 1.94. The highest BCUT2D eigenvalue weighted by atomic mass is 16.6. The summed E-state index contributed by atoms with van der Waals surface area (Å²) in [6.45, 7) is 4.99. The van der Waals surface area contributed by atoms with Crippen LogP contribution >= 0.6 is 0 Å². The molecule has 0 saturated carbocycles. The van der Waals surface area contributed by atoms with Crippen molar-refractivity contribution < 1.29 is 9.72 Å². The van der Waals surface area contributed by atoms with Crippen molar-refractivity contribution in [1.82, 2.24) is 4.90 Å². The molecule has 0 aromatic heterocycles. The maximum atomic E-state index is 12.7. The first-order chi connectivity index (χ1) is 9.93. The van der Waals surface area contributed by atoms with Crippen molar-refractivity contribution in [3.8, 4) is 0 Å². The zero-order valence-corrected chi connectivity index (χ0v) is 12.4. The normalized spacial score (nSPS) is 22.1. The maximum absolute atomic E-state index is 12.7. The molecule has 6 heteroatoms. The lowest BCUT2D eigenvalue weighted by molar-refractivity contribution is -0.384. The fourth-order valence-electron chi connectivity index (χ4n) is 2.77. The van der Waals surface area contributed by atoms with E-state index in [4.69, 9.17) is 5.73 Å². The second-order valence-electron chi connectivity index (χ2n) is 5.74. The molecule has 0 aliphatic carbocycles. The molecule has 1 aliphatic heterocycles. The number of aryl methyl sites for hydroxylation is 1. The zero-order chi connectivity index (χ0) is 15.6. The van der Waals surface area contributed by atoms with E-state index in [1.54, 1.807) is 17.9 Å². The number of hydrogen-bond donors (Lipinski definition) is 1. The number of nitro groups is 1. The van der Waals surface area contributed by atoms with E-state index in [0.29, 0.717) is 24.6 Å². The average Bonchev–Trinajstić information content (AvgIpc) is 2.47. The zero-order valence-electron chi connectivity index (χ0n) is 12.4. The van der Waals surface area contributed by atoms with Gasteiger partial charge >= 0.3 is 0 Å². The van der Waals surface area contributed by atoms with Crippen molar-refractivity contribution in [2.75, 3.05) is 13.1 Å². The van der Waals surface area contributed by atoms with Crippen molar-refractivity contribution in [2.24, 2.45) is 11.7 Å². The number of amides is 1. The predicted molar refractivity (Wildman–Crippen MR) is 80.1 cm³/mol. The van der Waals surface area contributed by atoms with Crippen LogP contribution in [0.3, 0.4) is 0 Å². The third-order valence-electron chi connectivity index (χ3n) is 4.24. The van der Waals surface area contributed by atoms with Gasteiger partial charge in [0.05, 0.1) is 4.92 Å². The highest BCUT2D eigenvalue weighted by Gasteiger charge is 2.30. The molecule has 21 heavy (non-hydrogen) atoms. The van der Waals surface area contributed by atoms with Gasteiger partial charge in [-0.1, -0.05) is 6.07 Å². The van der Waals surface area contributed by atoms with Crippen LogP contribution in [0.25, 0.3) is 0 Å². The standard InChI is InChI=1S/C15H21N3O3/c1-10-3-6-13(18(20)21)7-14(10)15(19)17-9-12(8-16)5-4-11(17)2/h3,6-7,11-12H,4-5,8-9,16H2,1-2H3. The molecule has 0 bridgehead atoms. The minimum absolute atomic E-state index is 0.0519. The highest BCUT2D eigenvalue weighted by Crippen LogP contribution is 2.25. The van der Waals surface area contributed by atoms with E-state index in [-0.39, 0.29) is 17.6 Å². The Kier molecular flexibility index (Phi) is 4.57. The van der Waals surface area contributed by atoms with Crippen molar-refractivity contribution in [2.45, 2.75) is 32.7 Å². The Bertz CT molecular complexity index is 559. The second kappa shape index (κ2) is 6.22. The number of benzene rings is 1. The van der Waals surface area contributed by atoms with E-state index in [2.05, 4.69) is 0 Å². The van der Waals surface area contributed by atoms with E-state index in [1.807, 2.05) is 6.92 Å². The minimum Gasteiger partial charge on any atom is -0.336 e. The molecular formula is C15H21N3O3. The van der Waals surface area contributed by atoms with Crippen molar-refractivity contribution >= 4 is 11.6 Å². The fourth-order valence-corrected chi connectivity index (χ4v) is 2.77. The molecule has 0 spiro atoms. The van der Waals surface area contributed by atoms with E-state index < -0.39 is 4.92 Å². The maximum Gasteiger partial charge on any atom is 0.270 e. The average molecular weight is 291 g/mol. The molecule has 2 atom stereocenters. The number of rotatable bonds is 3. The molecule has 0 radical (unpaired) electrons. The number of non-ortho nitro benzene ring substituents is 1. The fraction of sp³-hybridized carbons (Fsp3) is 0.533. The SMILES string of the molecule is Cc1ccc([N+](=O)[O-])cc1C(=O)N1CC(CN)CCC1C. The van der Waals surface area contributed by atoms with Gasteiger partial charge in [0.2, 0.25) is 0 Å². The summed E-state index contributed by atoms with van der Waals surface area (Å²) in [7, 11) is 0. The number of hydrogen-bond acceptors (Lipinski definition) is 4. The summed E-state index contributed by atoms with van der Waals surface area (Å²) in [6, 6.07) is 4.56. The monoisotopic (exact) mass is 291 g/mol. The van der Waals surface area contributed by atoms with E-state index in [0.717, 1.165) is 18.4 Å². The summed E-state index contributed by atoms with van der Waals surface area (Å²) >= 11 is 0. The minimum atomic E-state index is -0.474. The number of carbonyl (C=O) groups excluding carboxylic acids is 1. The Morgan fingerprint density at radius 3 is 2.81 bits per heavy atom. The third-order valence-corrected chi connectivity index (χ3v) is 4.24. The van der Waals surface area contributed by atoms with Gasteiger partial charge in [-0.2, -0.15) is 0 Å². The van der Waals surface area contributed by atoms with Crippen LogP contribution in [0.4, 0.5) is 5.69 Å². The molecule has 2 unspecified atom stereocenters. The predicted octanol–water partition coefficient (Wildman–Crippen LogP) is 2.10. The van der Waals surface area contributed by atoms with Gasteiger partial charge in [0, 0.05) is 30.3 Å². The highest BCUT2D eigenvalue weighted by molar-refractivity contribution is 5.96. The number of nitrogens with zero attached hydrogens (tertiary/aromatic N) is 2. The molecule has 1 fully saturated rings.